The Hall–Kier alpha value is -3.51. The molecular formula is C25H27N3O3. The van der Waals surface area contributed by atoms with E-state index in [2.05, 4.69) is 15.1 Å². The van der Waals surface area contributed by atoms with Crippen LogP contribution in [0.4, 0.5) is 11.4 Å². The number of ether oxygens (including phenoxy) is 1. The molecule has 1 amide bonds. The maximum atomic E-state index is 12.5. The quantitative estimate of drug-likeness (QED) is 0.628. The Morgan fingerprint density at radius 3 is 2.06 bits per heavy atom. The van der Waals surface area contributed by atoms with Crippen LogP contribution in [-0.2, 0) is 4.79 Å². The topological polar surface area (TPSA) is 65.0 Å². The van der Waals surface area contributed by atoms with Gasteiger partial charge in [0.2, 0.25) is 5.91 Å². The lowest BCUT2D eigenvalue weighted by Crippen LogP contribution is -2.48. The largest absolute Gasteiger partial charge is 0.508 e. The van der Waals surface area contributed by atoms with Gasteiger partial charge in [0, 0.05) is 37.6 Å². The monoisotopic (exact) mass is 417 g/mol. The zero-order valence-corrected chi connectivity index (χ0v) is 17.6. The van der Waals surface area contributed by atoms with Crippen molar-refractivity contribution in [3.05, 3.63) is 78.4 Å². The number of aromatic hydroxyl groups is 1. The second-order valence-electron chi connectivity index (χ2n) is 7.77. The molecule has 0 atom stereocenters. The number of anilines is 2. The van der Waals surface area contributed by atoms with E-state index in [1.807, 2.05) is 67.6 Å². The van der Waals surface area contributed by atoms with Gasteiger partial charge in [-0.25, -0.2) is 0 Å². The lowest BCUT2D eigenvalue weighted by atomic mass is 10.2. The molecule has 0 aromatic heterocycles. The Labute approximate surface area is 182 Å². The van der Waals surface area contributed by atoms with Gasteiger partial charge < -0.3 is 20.1 Å². The van der Waals surface area contributed by atoms with Crippen molar-refractivity contribution in [2.24, 2.45) is 0 Å². The van der Waals surface area contributed by atoms with Crippen LogP contribution in [-0.4, -0.2) is 48.6 Å². The summed E-state index contributed by atoms with van der Waals surface area (Å²) < 4.78 is 5.83. The van der Waals surface area contributed by atoms with Gasteiger partial charge in [0.25, 0.3) is 0 Å². The van der Waals surface area contributed by atoms with Gasteiger partial charge in [0.05, 0.1) is 6.54 Å². The molecule has 0 bridgehead atoms. The number of amides is 1. The number of hydrogen-bond donors (Lipinski definition) is 2. The summed E-state index contributed by atoms with van der Waals surface area (Å²) in [5, 5.41) is 12.4. The van der Waals surface area contributed by atoms with Crippen LogP contribution in [0, 0.1) is 6.92 Å². The fourth-order valence-electron chi connectivity index (χ4n) is 3.58. The zero-order chi connectivity index (χ0) is 21.6. The molecule has 1 fully saturated rings. The first-order valence-electron chi connectivity index (χ1n) is 10.5. The second-order valence-corrected chi connectivity index (χ2v) is 7.77. The average molecular weight is 418 g/mol. The van der Waals surface area contributed by atoms with Crippen LogP contribution in [0.3, 0.4) is 0 Å². The molecule has 1 saturated heterocycles. The summed E-state index contributed by atoms with van der Waals surface area (Å²) in [4.78, 5) is 16.9. The van der Waals surface area contributed by atoms with E-state index in [0.29, 0.717) is 6.54 Å². The molecule has 31 heavy (non-hydrogen) atoms. The number of piperazine rings is 1. The first-order valence-corrected chi connectivity index (χ1v) is 10.5. The predicted molar refractivity (Wildman–Crippen MR) is 123 cm³/mol. The van der Waals surface area contributed by atoms with Crippen LogP contribution in [0.5, 0.6) is 17.2 Å². The van der Waals surface area contributed by atoms with Gasteiger partial charge in [-0.15, -0.1) is 0 Å². The molecule has 1 aliphatic heterocycles. The van der Waals surface area contributed by atoms with Gasteiger partial charge >= 0.3 is 0 Å². The highest BCUT2D eigenvalue weighted by Gasteiger charge is 2.19. The first-order chi connectivity index (χ1) is 15.0. The second kappa shape index (κ2) is 9.53. The molecule has 3 aromatic carbocycles. The van der Waals surface area contributed by atoms with Crippen LogP contribution in [0.15, 0.2) is 72.8 Å². The van der Waals surface area contributed by atoms with Crippen molar-refractivity contribution >= 4 is 17.3 Å². The molecule has 0 saturated carbocycles. The van der Waals surface area contributed by atoms with Gasteiger partial charge in [-0.1, -0.05) is 17.7 Å². The fraction of sp³-hybridized carbons (Fsp3) is 0.240. The summed E-state index contributed by atoms with van der Waals surface area (Å²) in [7, 11) is 0. The molecule has 0 aliphatic carbocycles. The van der Waals surface area contributed by atoms with Crippen LogP contribution >= 0.6 is 0 Å². The number of aryl methyl sites for hydroxylation is 1. The molecule has 6 nitrogen and oxygen atoms in total. The number of nitrogens with zero attached hydrogens (tertiary/aromatic N) is 2. The van der Waals surface area contributed by atoms with Gasteiger partial charge in [0.1, 0.15) is 17.2 Å². The first kappa shape index (κ1) is 20.8. The fourth-order valence-corrected chi connectivity index (χ4v) is 3.58. The Morgan fingerprint density at radius 2 is 1.45 bits per heavy atom. The van der Waals surface area contributed by atoms with Crippen molar-refractivity contribution < 1.29 is 14.6 Å². The molecule has 6 heteroatoms. The number of benzene rings is 3. The SMILES string of the molecule is Cc1ccc(Oc2ccc(NC(=O)CN3CCN(c4ccc(O)cc4)CC3)cc2)cc1. The lowest BCUT2D eigenvalue weighted by Gasteiger charge is -2.35. The Bertz CT molecular complexity index is 994. The zero-order valence-electron chi connectivity index (χ0n) is 17.6. The summed E-state index contributed by atoms with van der Waals surface area (Å²) in [6.45, 7) is 5.74. The predicted octanol–water partition coefficient (Wildman–Crippen LogP) is 4.25. The third-order valence-electron chi connectivity index (χ3n) is 5.35. The average Bonchev–Trinajstić information content (AvgIpc) is 2.78. The Kier molecular flexibility index (Phi) is 6.38. The van der Waals surface area contributed by atoms with Crippen LogP contribution in [0.1, 0.15) is 5.56 Å². The van der Waals surface area contributed by atoms with Crippen molar-refractivity contribution in [1.29, 1.82) is 0 Å². The van der Waals surface area contributed by atoms with Crippen LogP contribution in [0.25, 0.3) is 0 Å². The minimum absolute atomic E-state index is 0.0229. The Morgan fingerprint density at radius 1 is 0.871 bits per heavy atom. The number of carbonyl (C=O) groups is 1. The molecule has 1 aliphatic rings. The third-order valence-corrected chi connectivity index (χ3v) is 5.35. The number of rotatable bonds is 6. The summed E-state index contributed by atoms with van der Waals surface area (Å²) in [5.74, 6) is 1.76. The van der Waals surface area contributed by atoms with Crippen molar-refractivity contribution in [3.63, 3.8) is 0 Å². The summed E-state index contributed by atoms with van der Waals surface area (Å²) in [5.41, 5.74) is 3.03. The standard InChI is InChI=1S/C25H27N3O3/c1-19-2-10-23(11-3-19)31-24-12-4-20(5-13-24)26-25(30)18-27-14-16-28(17-15-27)21-6-8-22(29)9-7-21/h2-13,29H,14-18H2,1H3,(H,26,30). The maximum Gasteiger partial charge on any atom is 0.238 e. The molecule has 0 unspecified atom stereocenters. The molecule has 0 radical (unpaired) electrons. The van der Waals surface area contributed by atoms with E-state index in [1.165, 1.54) is 5.56 Å². The number of phenolic OH excluding ortho intramolecular Hbond substituents is 1. The van der Waals surface area contributed by atoms with E-state index in [9.17, 15) is 9.90 Å². The number of hydrogen-bond acceptors (Lipinski definition) is 5. The lowest BCUT2D eigenvalue weighted by molar-refractivity contribution is -0.117. The number of nitrogens with one attached hydrogen (secondary N) is 1. The molecule has 0 spiro atoms. The van der Waals surface area contributed by atoms with E-state index in [0.717, 1.165) is 49.1 Å². The normalized spacial score (nSPS) is 14.3. The Balaban J connectivity index is 1.23. The summed E-state index contributed by atoms with van der Waals surface area (Å²) in [6, 6.07) is 22.5. The van der Waals surface area contributed by atoms with E-state index in [4.69, 9.17) is 4.74 Å². The molecule has 3 aromatic rings. The van der Waals surface area contributed by atoms with Gasteiger partial charge in [0.15, 0.2) is 0 Å². The highest BCUT2D eigenvalue weighted by atomic mass is 16.5. The summed E-state index contributed by atoms with van der Waals surface area (Å²) in [6.07, 6.45) is 0. The van der Waals surface area contributed by atoms with E-state index in [-0.39, 0.29) is 11.7 Å². The maximum absolute atomic E-state index is 12.5. The van der Waals surface area contributed by atoms with Gasteiger partial charge in [-0.3, -0.25) is 9.69 Å². The highest BCUT2D eigenvalue weighted by molar-refractivity contribution is 5.92. The molecule has 160 valence electrons. The number of phenols is 1. The minimum Gasteiger partial charge on any atom is -0.508 e. The van der Waals surface area contributed by atoms with Crippen LogP contribution in [0.2, 0.25) is 0 Å². The van der Waals surface area contributed by atoms with Crippen molar-refractivity contribution in [2.45, 2.75) is 6.92 Å². The summed E-state index contributed by atoms with van der Waals surface area (Å²) >= 11 is 0. The molecule has 2 N–H and O–H groups in total. The third kappa shape index (κ3) is 5.77. The highest BCUT2D eigenvalue weighted by Crippen LogP contribution is 2.23. The van der Waals surface area contributed by atoms with E-state index >= 15 is 0 Å². The van der Waals surface area contributed by atoms with Crippen LogP contribution < -0.4 is 15.0 Å². The van der Waals surface area contributed by atoms with E-state index in [1.54, 1.807) is 12.1 Å². The van der Waals surface area contributed by atoms with Crippen molar-refractivity contribution in [2.75, 3.05) is 42.9 Å². The van der Waals surface area contributed by atoms with Crippen molar-refractivity contribution in [3.8, 4) is 17.2 Å². The van der Waals surface area contributed by atoms with Gasteiger partial charge in [-0.2, -0.15) is 0 Å². The van der Waals surface area contributed by atoms with E-state index < -0.39 is 0 Å². The molecule has 1 heterocycles. The minimum atomic E-state index is -0.0229. The number of carbonyl (C=O) groups excluding carboxylic acids is 1. The van der Waals surface area contributed by atoms with Crippen molar-refractivity contribution in [1.82, 2.24) is 4.90 Å². The smallest absolute Gasteiger partial charge is 0.238 e. The molecule has 4 rings (SSSR count). The van der Waals surface area contributed by atoms with Gasteiger partial charge in [-0.05, 0) is 67.6 Å². The molecular weight excluding hydrogens is 390 g/mol.